The van der Waals surface area contributed by atoms with Gasteiger partial charge < -0.3 is 10.3 Å². The highest BCUT2D eigenvalue weighted by molar-refractivity contribution is 6.06. The summed E-state index contributed by atoms with van der Waals surface area (Å²) in [5, 5.41) is 14.4. The van der Waals surface area contributed by atoms with Crippen molar-refractivity contribution in [3.63, 3.8) is 0 Å². The summed E-state index contributed by atoms with van der Waals surface area (Å²) >= 11 is 0. The van der Waals surface area contributed by atoms with Gasteiger partial charge in [-0.15, -0.1) is 0 Å². The smallest absolute Gasteiger partial charge is 0.141 e. The van der Waals surface area contributed by atoms with Crippen molar-refractivity contribution in [3.8, 4) is 6.07 Å². The minimum Gasteiger partial charge on any atom is -0.338 e. The molecule has 0 radical (unpaired) electrons. The molecule has 102 valence electrons. The second-order valence-electron chi connectivity index (χ2n) is 5.16. The number of hydrogen-bond donors (Lipinski definition) is 2. The van der Waals surface area contributed by atoms with E-state index in [1.54, 1.807) is 6.20 Å². The van der Waals surface area contributed by atoms with Gasteiger partial charge in [-0.2, -0.15) is 5.26 Å². The molecule has 4 heterocycles. The van der Waals surface area contributed by atoms with Gasteiger partial charge in [-0.25, -0.2) is 9.97 Å². The van der Waals surface area contributed by atoms with E-state index in [0.717, 1.165) is 47.0 Å². The third-order valence-electron chi connectivity index (χ3n) is 3.88. The maximum absolute atomic E-state index is 9.01. The molecule has 4 rings (SSSR count). The number of nitrogens with zero attached hydrogens (tertiary/aromatic N) is 3. The lowest BCUT2D eigenvalue weighted by atomic mass is 10.0. The van der Waals surface area contributed by atoms with Crippen molar-refractivity contribution in [1.29, 1.82) is 5.26 Å². The van der Waals surface area contributed by atoms with Crippen molar-refractivity contribution >= 4 is 27.5 Å². The van der Waals surface area contributed by atoms with Crippen molar-refractivity contribution in [3.05, 3.63) is 41.9 Å². The standard InChI is InChI=1S/C16H13N5/c17-7-12-6-13-14-5-11(10-1-3-18-4-2-10)8-20-16(14)21-15(13)9-19-12/h1,5-6,8-9,18H,2-4H2,(H,20,21). The van der Waals surface area contributed by atoms with E-state index in [1.165, 1.54) is 5.57 Å². The molecule has 0 fully saturated rings. The minimum absolute atomic E-state index is 0.426. The summed E-state index contributed by atoms with van der Waals surface area (Å²) in [5.41, 5.74) is 4.65. The molecule has 0 unspecified atom stereocenters. The fourth-order valence-corrected chi connectivity index (χ4v) is 2.80. The van der Waals surface area contributed by atoms with E-state index in [2.05, 4.69) is 38.5 Å². The highest BCUT2D eigenvalue weighted by Gasteiger charge is 2.11. The predicted molar refractivity (Wildman–Crippen MR) is 81.6 cm³/mol. The van der Waals surface area contributed by atoms with Crippen molar-refractivity contribution in [2.45, 2.75) is 6.42 Å². The maximum Gasteiger partial charge on any atom is 0.141 e. The van der Waals surface area contributed by atoms with Crippen LogP contribution in [0.4, 0.5) is 0 Å². The van der Waals surface area contributed by atoms with Crippen molar-refractivity contribution in [2.24, 2.45) is 0 Å². The Balaban J connectivity index is 1.95. The zero-order valence-electron chi connectivity index (χ0n) is 11.3. The summed E-state index contributed by atoms with van der Waals surface area (Å²) in [4.78, 5) is 11.9. The van der Waals surface area contributed by atoms with Crippen LogP contribution in [-0.4, -0.2) is 28.0 Å². The number of hydrogen-bond acceptors (Lipinski definition) is 4. The molecule has 0 aromatic carbocycles. The lowest BCUT2D eigenvalue weighted by molar-refractivity contribution is 0.738. The van der Waals surface area contributed by atoms with Gasteiger partial charge in [0.05, 0.1) is 11.7 Å². The molecule has 5 nitrogen and oxygen atoms in total. The first-order valence-corrected chi connectivity index (χ1v) is 6.93. The zero-order valence-corrected chi connectivity index (χ0v) is 11.3. The molecule has 3 aromatic rings. The van der Waals surface area contributed by atoms with E-state index in [9.17, 15) is 0 Å². The Kier molecular flexibility index (Phi) is 2.69. The number of H-pyrrole nitrogens is 1. The molecular weight excluding hydrogens is 262 g/mol. The molecule has 2 N–H and O–H groups in total. The molecule has 1 aliphatic heterocycles. The quantitative estimate of drug-likeness (QED) is 0.714. The molecule has 0 bridgehead atoms. The van der Waals surface area contributed by atoms with E-state index in [0.29, 0.717) is 5.69 Å². The summed E-state index contributed by atoms with van der Waals surface area (Å²) in [5.74, 6) is 0. The molecule has 21 heavy (non-hydrogen) atoms. The number of pyridine rings is 2. The van der Waals surface area contributed by atoms with E-state index in [-0.39, 0.29) is 0 Å². The Morgan fingerprint density at radius 1 is 1.14 bits per heavy atom. The molecule has 0 aliphatic carbocycles. The van der Waals surface area contributed by atoms with Gasteiger partial charge in [0, 0.05) is 23.5 Å². The third-order valence-corrected chi connectivity index (χ3v) is 3.88. The number of nitrogens with one attached hydrogen (secondary N) is 2. The Labute approximate surface area is 121 Å². The summed E-state index contributed by atoms with van der Waals surface area (Å²) in [6.45, 7) is 1.91. The summed E-state index contributed by atoms with van der Waals surface area (Å²) in [7, 11) is 0. The van der Waals surface area contributed by atoms with Crippen molar-refractivity contribution in [1.82, 2.24) is 20.3 Å². The first-order valence-electron chi connectivity index (χ1n) is 6.93. The normalized spacial score (nSPS) is 15.1. The van der Waals surface area contributed by atoms with Crippen LogP contribution in [0, 0.1) is 11.3 Å². The van der Waals surface area contributed by atoms with Gasteiger partial charge in [0.25, 0.3) is 0 Å². The van der Waals surface area contributed by atoms with Crippen LogP contribution in [0.3, 0.4) is 0 Å². The zero-order chi connectivity index (χ0) is 14.2. The lowest BCUT2D eigenvalue weighted by Gasteiger charge is -2.13. The highest BCUT2D eigenvalue weighted by Crippen LogP contribution is 2.28. The second-order valence-corrected chi connectivity index (χ2v) is 5.16. The average molecular weight is 275 g/mol. The lowest BCUT2D eigenvalue weighted by Crippen LogP contribution is -2.20. The van der Waals surface area contributed by atoms with E-state index in [1.807, 2.05) is 12.3 Å². The van der Waals surface area contributed by atoms with Gasteiger partial charge in [-0.3, -0.25) is 0 Å². The van der Waals surface area contributed by atoms with E-state index >= 15 is 0 Å². The number of nitriles is 1. The number of aromatic amines is 1. The first kappa shape index (κ1) is 12.1. The monoisotopic (exact) mass is 275 g/mol. The van der Waals surface area contributed by atoms with Crippen molar-refractivity contribution < 1.29 is 0 Å². The molecule has 0 amide bonds. The van der Waals surface area contributed by atoms with E-state index < -0.39 is 0 Å². The predicted octanol–water partition coefficient (Wildman–Crippen LogP) is 2.36. The topological polar surface area (TPSA) is 77.4 Å². The highest BCUT2D eigenvalue weighted by atomic mass is 14.9. The van der Waals surface area contributed by atoms with Gasteiger partial charge in [-0.05, 0) is 36.2 Å². The van der Waals surface area contributed by atoms with Gasteiger partial charge in [0.1, 0.15) is 17.4 Å². The SMILES string of the molecule is N#Cc1cc2c(cn1)[nH]c1ncc(C3=CCNCC3)cc12. The fraction of sp³-hybridized carbons (Fsp3) is 0.188. The third kappa shape index (κ3) is 1.97. The molecule has 0 spiro atoms. The van der Waals surface area contributed by atoms with Crippen molar-refractivity contribution in [2.75, 3.05) is 13.1 Å². The molecule has 1 aliphatic rings. The molecule has 0 saturated carbocycles. The molecule has 3 aromatic heterocycles. The number of rotatable bonds is 1. The Bertz CT molecular complexity index is 913. The van der Waals surface area contributed by atoms with Crippen LogP contribution < -0.4 is 5.32 Å². The molecule has 0 atom stereocenters. The molecule has 0 saturated heterocycles. The summed E-state index contributed by atoms with van der Waals surface area (Å²) < 4.78 is 0. The minimum atomic E-state index is 0.426. The van der Waals surface area contributed by atoms with Crippen LogP contribution in [0.5, 0.6) is 0 Å². The van der Waals surface area contributed by atoms with Gasteiger partial charge in [0.15, 0.2) is 0 Å². The Morgan fingerprint density at radius 2 is 2.10 bits per heavy atom. The van der Waals surface area contributed by atoms with Crippen LogP contribution in [0.2, 0.25) is 0 Å². The van der Waals surface area contributed by atoms with Crippen LogP contribution >= 0.6 is 0 Å². The number of aromatic nitrogens is 3. The van der Waals surface area contributed by atoms with Gasteiger partial charge in [-0.1, -0.05) is 6.08 Å². The first-order chi connectivity index (χ1) is 10.3. The second kappa shape index (κ2) is 4.69. The number of fused-ring (bicyclic) bond motifs is 3. The molecular formula is C16H13N5. The fourth-order valence-electron chi connectivity index (χ4n) is 2.80. The Morgan fingerprint density at radius 3 is 2.90 bits per heavy atom. The summed E-state index contributed by atoms with van der Waals surface area (Å²) in [6, 6.07) is 6.05. The largest absolute Gasteiger partial charge is 0.338 e. The van der Waals surface area contributed by atoms with Gasteiger partial charge in [0.2, 0.25) is 0 Å². The molecule has 5 heteroatoms. The van der Waals surface area contributed by atoms with Crippen LogP contribution in [0.25, 0.3) is 27.5 Å². The van der Waals surface area contributed by atoms with Crippen LogP contribution in [0.15, 0.2) is 30.6 Å². The summed E-state index contributed by atoms with van der Waals surface area (Å²) in [6.07, 6.45) is 6.83. The Hall–Kier alpha value is -2.71. The van der Waals surface area contributed by atoms with E-state index in [4.69, 9.17) is 5.26 Å². The van der Waals surface area contributed by atoms with Gasteiger partial charge >= 0.3 is 0 Å². The van der Waals surface area contributed by atoms with Crippen LogP contribution in [0.1, 0.15) is 17.7 Å². The average Bonchev–Trinajstić information content (AvgIpc) is 2.92. The maximum atomic E-state index is 9.01. The van der Waals surface area contributed by atoms with Crippen LogP contribution in [-0.2, 0) is 0 Å².